The molecule has 18 heavy (non-hydrogen) atoms. The van der Waals surface area contributed by atoms with Crippen LogP contribution in [0.2, 0.25) is 0 Å². The van der Waals surface area contributed by atoms with E-state index < -0.39 is 12.2 Å². The molecule has 1 N–H and O–H groups in total. The zero-order chi connectivity index (χ0) is 12.7. The van der Waals surface area contributed by atoms with Crippen molar-refractivity contribution in [3.8, 4) is 5.75 Å². The molecule has 0 aliphatic carbocycles. The highest BCUT2D eigenvalue weighted by Gasteiger charge is 2.33. The normalized spacial score (nSPS) is 20.7. The van der Waals surface area contributed by atoms with Crippen LogP contribution in [0.1, 0.15) is 10.4 Å². The van der Waals surface area contributed by atoms with Crippen LogP contribution < -0.4 is 4.74 Å². The maximum atomic E-state index is 12.1. The fourth-order valence-electron chi connectivity index (χ4n) is 1.97. The van der Waals surface area contributed by atoms with Crippen molar-refractivity contribution in [3.63, 3.8) is 0 Å². The average Bonchev–Trinajstić information content (AvgIpc) is 2.38. The van der Waals surface area contributed by atoms with Crippen molar-refractivity contribution in [2.45, 2.75) is 6.23 Å². The Balaban J connectivity index is 2.03. The van der Waals surface area contributed by atoms with Crippen molar-refractivity contribution in [2.24, 2.45) is 0 Å². The summed E-state index contributed by atoms with van der Waals surface area (Å²) in [6, 6.07) is 6.89. The first-order valence-electron chi connectivity index (χ1n) is 5.38. The van der Waals surface area contributed by atoms with E-state index in [1.807, 2.05) is 0 Å². The highest BCUT2D eigenvalue weighted by Crippen LogP contribution is 2.30. The lowest BCUT2D eigenvalue weighted by Gasteiger charge is -2.34. The van der Waals surface area contributed by atoms with Crippen LogP contribution in [0, 0.1) is 0 Å². The lowest BCUT2D eigenvalue weighted by molar-refractivity contribution is -0.132. The topological polar surface area (TPSA) is 66.8 Å². The number of amides is 1. The summed E-state index contributed by atoms with van der Waals surface area (Å²) in [7, 11) is 0. The number of ether oxygens (including phenoxy) is 1. The van der Waals surface area contributed by atoms with Gasteiger partial charge in [-0.25, -0.2) is 4.79 Å². The number of rotatable bonds is 1. The molecule has 1 aromatic rings. The van der Waals surface area contributed by atoms with E-state index in [2.05, 4.69) is 0 Å². The molecule has 1 atom stereocenters. The van der Waals surface area contributed by atoms with Crippen molar-refractivity contribution in [1.29, 1.82) is 0 Å². The number of benzene rings is 1. The molecule has 90 valence electrons. The van der Waals surface area contributed by atoms with E-state index in [4.69, 9.17) is 9.84 Å². The van der Waals surface area contributed by atoms with Gasteiger partial charge in [-0.2, -0.15) is 0 Å². The number of carbonyl (C=O) groups excluding carboxylic acids is 1. The molecule has 5 heteroatoms. The molecule has 0 radical (unpaired) electrons. The van der Waals surface area contributed by atoms with Crippen LogP contribution in [0.4, 0.5) is 0 Å². The smallest absolute Gasteiger partial charge is 0.335 e. The first kappa shape index (κ1) is 10.6. The predicted molar refractivity (Wildman–Crippen MR) is 61.9 cm³/mol. The number of carboxylic acid groups (broad SMARTS) is 1. The standard InChI is InChI=1S/C13H9NO4/c15-12-9-3-1-2-4-10(9)18-11-7-8(13(16)17)5-6-14(11)12/h1-7,11H,(H,16,17). The molecule has 0 aromatic heterocycles. The molecule has 5 nitrogen and oxygen atoms in total. The third-order valence-electron chi connectivity index (χ3n) is 2.86. The van der Waals surface area contributed by atoms with Gasteiger partial charge in [0.05, 0.1) is 11.1 Å². The van der Waals surface area contributed by atoms with Gasteiger partial charge in [0.1, 0.15) is 5.75 Å². The summed E-state index contributed by atoms with van der Waals surface area (Å²) in [5.74, 6) is -0.764. The molecular weight excluding hydrogens is 234 g/mol. The van der Waals surface area contributed by atoms with Crippen LogP contribution in [0.25, 0.3) is 0 Å². The number of fused-ring (bicyclic) bond motifs is 2. The Morgan fingerprint density at radius 1 is 1.33 bits per heavy atom. The van der Waals surface area contributed by atoms with Crippen LogP contribution in [0.15, 0.2) is 48.2 Å². The van der Waals surface area contributed by atoms with Crippen molar-refractivity contribution in [1.82, 2.24) is 4.90 Å². The van der Waals surface area contributed by atoms with Crippen molar-refractivity contribution >= 4 is 11.9 Å². The first-order chi connectivity index (χ1) is 8.66. The number of carbonyl (C=O) groups is 2. The maximum absolute atomic E-state index is 12.1. The molecule has 2 aliphatic rings. The minimum Gasteiger partial charge on any atom is -0.478 e. The molecule has 0 spiro atoms. The molecule has 3 rings (SSSR count). The van der Waals surface area contributed by atoms with Gasteiger partial charge in [-0.3, -0.25) is 9.69 Å². The third-order valence-corrected chi connectivity index (χ3v) is 2.86. The lowest BCUT2D eigenvalue weighted by Crippen LogP contribution is -2.44. The molecule has 1 unspecified atom stereocenters. The Labute approximate surface area is 103 Å². The van der Waals surface area contributed by atoms with Crippen LogP contribution in [0.5, 0.6) is 5.75 Å². The van der Waals surface area contributed by atoms with Gasteiger partial charge in [-0.1, -0.05) is 12.1 Å². The average molecular weight is 243 g/mol. The highest BCUT2D eigenvalue weighted by molar-refractivity contribution is 5.99. The van der Waals surface area contributed by atoms with Gasteiger partial charge >= 0.3 is 5.97 Å². The molecular formula is C13H9NO4. The molecule has 2 aliphatic heterocycles. The SMILES string of the molecule is O=C(O)C1=CC2Oc3ccccc3C(=O)N2C=C1. The minimum absolute atomic E-state index is 0.114. The van der Waals surface area contributed by atoms with E-state index in [0.29, 0.717) is 11.3 Å². The fourth-order valence-corrected chi connectivity index (χ4v) is 1.97. The molecule has 1 aromatic carbocycles. The van der Waals surface area contributed by atoms with E-state index >= 15 is 0 Å². The van der Waals surface area contributed by atoms with Crippen molar-refractivity contribution in [3.05, 3.63) is 53.8 Å². The molecule has 2 heterocycles. The van der Waals surface area contributed by atoms with Gasteiger partial charge in [-0.05, 0) is 24.3 Å². The number of aliphatic carboxylic acids is 1. The number of para-hydroxylation sites is 1. The second kappa shape index (κ2) is 3.73. The monoisotopic (exact) mass is 243 g/mol. The molecule has 0 bridgehead atoms. The van der Waals surface area contributed by atoms with E-state index in [1.54, 1.807) is 24.3 Å². The molecule has 0 fully saturated rings. The van der Waals surface area contributed by atoms with E-state index in [0.717, 1.165) is 0 Å². The maximum Gasteiger partial charge on any atom is 0.335 e. The minimum atomic E-state index is -1.04. The Morgan fingerprint density at radius 3 is 2.89 bits per heavy atom. The Bertz CT molecular complexity index is 603. The summed E-state index contributed by atoms with van der Waals surface area (Å²) in [6.07, 6.45) is 3.54. The third kappa shape index (κ3) is 1.48. The lowest BCUT2D eigenvalue weighted by atomic mass is 10.1. The van der Waals surface area contributed by atoms with Crippen LogP contribution in [-0.2, 0) is 4.79 Å². The van der Waals surface area contributed by atoms with Gasteiger partial charge in [0.15, 0.2) is 6.23 Å². The summed E-state index contributed by atoms with van der Waals surface area (Å²) in [6.45, 7) is 0. The summed E-state index contributed by atoms with van der Waals surface area (Å²) in [5, 5.41) is 8.91. The first-order valence-corrected chi connectivity index (χ1v) is 5.38. The quantitative estimate of drug-likeness (QED) is 0.809. The largest absolute Gasteiger partial charge is 0.478 e. The second-order valence-corrected chi connectivity index (χ2v) is 3.96. The van der Waals surface area contributed by atoms with Crippen molar-refractivity contribution < 1.29 is 19.4 Å². The van der Waals surface area contributed by atoms with Gasteiger partial charge < -0.3 is 9.84 Å². The predicted octanol–water partition coefficient (Wildman–Crippen LogP) is 1.39. The number of hydrogen-bond acceptors (Lipinski definition) is 3. The van der Waals surface area contributed by atoms with Gasteiger partial charge in [0.2, 0.25) is 0 Å². The van der Waals surface area contributed by atoms with Gasteiger partial charge in [0, 0.05) is 6.20 Å². The second-order valence-electron chi connectivity index (χ2n) is 3.96. The molecule has 1 amide bonds. The van der Waals surface area contributed by atoms with E-state index in [9.17, 15) is 9.59 Å². The highest BCUT2D eigenvalue weighted by atomic mass is 16.5. The Morgan fingerprint density at radius 2 is 2.11 bits per heavy atom. The summed E-state index contributed by atoms with van der Waals surface area (Å²) in [4.78, 5) is 24.4. The van der Waals surface area contributed by atoms with Gasteiger partial charge in [0.25, 0.3) is 5.91 Å². The number of hydrogen-bond donors (Lipinski definition) is 1. The zero-order valence-corrected chi connectivity index (χ0v) is 9.24. The van der Waals surface area contributed by atoms with Gasteiger partial charge in [-0.15, -0.1) is 0 Å². The van der Waals surface area contributed by atoms with E-state index in [-0.39, 0.29) is 11.5 Å². The number of nitrogens with zero attached hydrogens (tertiary/aromatic N) is 1. The Kier molecular flexibility index (Phi) is 2.19. The summed E-state index contributed by atoms with van der Waals surface area (Å²) in [5.41, 5.74) is 0.592. The number of carboxylic acids is 1. The van der Waals surface area contributed by atoms with E-state index in [1.165, 1.54) is 23.3 Å². The summed E-state index contributed by atoms with van der Waals surface area (Å²) < 4.78 is 5.60. The summed E-state index contributed by atoms with van der Waals surface area (Å²) >= 11 is 0. The van der Waals surface area contributed by atoms with Crippen LogP contribution in [-0.4, -0.2) is 28.1 Å². The fraction of sp³-hybridized carbons (Fsp3) is 0.0769. The van der Waals surface area contributed by atoms with Crippen molar-refractivity contribution in [2.75, 3.05) is 0 Å². The van der Waals surface area contributed by atoms with Crippen LogP contribution in [0.3, 0.4) is 0 Å². The Hall–Kier alpha value is -2.56. The van der Waals surface area contributed by atoms with Crippen LogP contribution >= 0.6 is 0 Å². The molecule has 0 saturated heterocycles. The molecule has 0 saturated carbocycles. The zero-order valence-electron chi connectivity index (χ0n) is 9.24.